The maximum atomic E-state index is 12.3. The van der Waals surface area contributed by atoms with Gasteiger partial charge in [-0.25, -0.2) is 0 Å². The molecule has 1 amide bonds. The van der Waals surface area contributed by atoms with Crippen molar-refractivity contribution < 1.29 is 9.53 Å². The Morgan fingerprint density at radius 2 is 1.85 bits per heavy atom. The van der Waals surface area contributed by atoms with Crippen LogP contribution in [0.3, 0.4) is 0 Å². The maximum absolute atomic E-state index is 12.3. The third-order valence-corrected chi connectivity index (χ3v) is 5.39. The van der Waals surface area contributed by atoms with E-state index in [1.54, 1.807) is 25.3 Å². The zero-order valence-corrected chi connectivity index (χ0v) is 16.9. The van der Waals surface area contributed by atoms with Crippen LogP contribution >= 0.6 is 35.0 Å². The molecule has 0 saturated heterocycles. The largest absolute Gasteiger partial charge is 0.496 e. The van der Waals surface area contributed by atoms with Gasteiger partial charge in [0, 0.05) is 7.05 Å². The molecule has 0 fully saturated rings. The van der Waals surface area contributed by atoms with E-state index in [1.807, 2.05) is 35.9 Å². The van der Waals surface area contributed by atoms with Crippen LogP contribution in [0, 0.1) is 0 Å². The van der Waals surface area contributed by atoms with Crippen molar-refractivity contribution in [3.63, 3.8) is 0 Å². The Morgan fingerprint density at radius 1 is 1.15 bits per heavy atom. The van der Waals surface area contributed by atoms with Crippen molar-refractivity contribution in [2.75, 3.05) is 18.2 Å². The first kappa shape index (κ1) is 19.5. The van der Waals surface area contributed by atoms with Crippen molar-refractivity contribution in [3.05, 3.63) is 52.5 Å². The zero-order chi connectivity index (χ0) is 19.4. The summed E-state index contributed by atoms with van der Waals surface area (Å²) in [5, 5.41) is 12.5. The summed E-state index contributed by atoms with van der Waals surface area (Å²) < 4.78 is 7.19. The second kappa shape index (κ2) is 8.65. The minimum atomic E-state index is -0.239. The minimum Gasteiger partial charge on any atom is -0.496 e. The molecule has 6 nitrogen and oxygen atoms in total. The van der Waals surface area contributed by atoms with Crippen molar-refractivity contribution in [2.45, 2.75) is 5.16 Å². The fraction of sp³-hybridized carbons (Fsp3) is 0.167. The quantitative estimate of drug-likeness (QED) is 0.590. The highest BCUT2D eigenvalue weighted by atomic mass is 35.5. The summed E-state index contributed by atoms with van der Waals surface area (Å²) in [6.45, 7) is 0. The van der Waals surface area contributed by atoms with Gasteiger partial charge >= 0.3 is 0 Å². The highest BCUT2D eigenvalue weighted by molar-refractivity contribution is 7.99. The number of halogens is 2. The van der Waals surface area contributed by atoms with Crippen LogP contribution in [0.25, 0.3) is 11.4 Å². The van der Waals surface area contributed by atoms with E-state index in [-0.39, 0.29) is 11.7 Å². The molecule has 0 spiro atoms. The van der Waals surface area contributed by atoms with Gasteiger partial charge in [0.2, 0.25) is 5.91 Å². The molecule has 27 heavy (non-hydrogen) atoms. The number of nitrogens with zero attached hydrogens (tertiary/aromatic N) is 3. The zero-order valence-electron chi connectivity index (χ0n) is 14.6. The molecular formula is C18H16Cl2N4O2S. The monoisotopic (exact) mass is 422 g/mol. The Bertz CT molecular complexity index is 957. The SMILES string of the molecule is COc1ccccc1-c1nnc(SCC(=O)Nc2c(Cl)cccc2Cl)n1C. The van der Waals surface area contributed by atoms with Gasteiger partial charge in [0.25, 0.3) is 0 Å². The molecule has 0 radical (unpaired) electrons. The van der Waals surface area contributed by atoms with Crippen LogP contribution in [0.5, 0.6) is 5.75 Å². The molecule has 0 bridgehead atoms. The number of nitrogens with one attached hydrogen (secondary N) is 1. The van der Waals surface area contributed by atoms with Crippen LogP contribution in [0.15, 0.2) is 47.6 Å². The summed E-state index contributed by atoms with van der Waals surface area (Å²) in [6.07, 6.45) is 0. The third-order valence-electron chi connectivity index (χ3n) is 3.74. The summed E-state index contributed by atoms with van der Waals surface area (Å²) >= 11 is 13.4. The Hall–Kier alpha value is -2.22. The van der Waals surface area contributed by atoms with Gasteiger partial charge in [0.1, 0.15) is 5.75 Å². The van der Waals surface area contributed by atoms with E-state index in [4.69, 9.17) is 27.9 Å². The van der Waals surface area contributed by atoms with E-state index >= 15 is 0 Å². The molecule has 1 heterocycles. The number of amides is 1. The lowest BCUT2D eigenvalue weighted by molar-refractivity contribution is -0.113. The number of aromatic nitrogens is 3. The standard InChI is InChI=1S/C18H16Cl2N4O2S/c1-24-17(11-6-3-4-9-14(11)26-2)22-23-18(24)27-10-15(25)21-16-12(19)7-5-8-13(16)20/h3-9H,10H2,1-2H3,(H,21,25). The van der Waals surface area contributed by atoms with Gasteiger partial charge < -0.3 is 14.6 Å². The molecule has 0 aliphatic rings. The van der Waals surface area contributed by atoms with Crippen LogP contribution in [0.4, 0.5) is 5.69 Å². The second-order valence-corrected chi connectivity index (χ2v) is 7.26. The number of hydrogen-bond acceptors (Lipinski definition) is 5. The first-order valence-electron chi connectivity index (χ1n) is 7.90. The van der Waals surface area contributed by atoms with Crippen LogP contribution in [0.2, 0.25) is 10.0 Å². The number of rotatable bonds is 6. The smallest absolute Gasteiger partial charge is 0.234 e. The van der Waals surface area contributed by atoms with E-state index in [0.717, 1.165) is 5.56 Å². The average molecular weight is 423 g/mol. The number of hydrogen-bond donors (Lipinski definition) is 1. The fourth-order valence-electron chi connectivity index (χ4n) is 2.43. The van der Waals surface area contributed by atoms with Gasteiger partial charge in [0.15, 0.2) is 11.0 Å². The average Bonchev–Trinajstić information content (AvgIpc) is 3.03. The molecular weight excluding hydrogens is 407 g/mol. The first-order chi connectivity index (χ1) is 13.0. The van der Waals surface area contributed by atoms with Crippen molar-refractivity contribution in [3.8, 4) is 17.1 Å². The van der Waals surface area contributed by atoms with E-state index < -0.39 is 0 Å². The number of ether oxygens (including phenoxy) is 1. The summed E-state index contributed by atoms with van der Waals surface area (Å²) in [7, 11) is 3.45. The Balaban J connectivity index is 1.71. The normalized spacial score (nSPS) is 10.7. The van der Waals surface area contributed by atoms with Crippen molar-refractivity contribution >= 4 is 46.6 Å². The molecule has 0 saturated carbocycles. The summed E-state index contributed by atoms with van der Waals surface area (Å²) in [5.41, 5.74) is 1.23. The number of carbonyl (C=O) groups excluding carboxylic acids is 1. The summed E-state index contributed by atoms with van der Waals surface area (Å²) in [4.78, 5) is 12.3. The van der Waals surface area contributed by atoms with Gasteiger partial charge in [-0.2, -0.15) is 0 Å². The topological polar surface area (TPSA) is 69.0 Å². The number of anilines is 1. The molecule has 0 aliphatic carbocycles. The Kier molecular flexibility index (Phi) is 6.26. The maximum Gasteiger partial charge on any atom is 0.234 e. The van der Waals surface area contributed by atoms with Crippen molar-refractivity contribution in [2.24, 2.45) is 7.05 Å². The number of para-hydroxylation sites is 2. The number of benzene rings is 2. The molecule has 1 N–H and O–H groups in total. The van der Waals surface area contributed by atoms with Crippen LogP contribution in [0.1, 0.15) is 0 Å². The van der Waals surface area contributed by atoms with E-state index in [9.17, 15) is 4.79 Å². The lowest BCUT2D eigenvalue weighted by Crippen LogP contribution is -2.15. The van der Waals surface area contributed by atoms with Crippen LogP contribution in [-0.2, 0) is 11.8 Å². The summed E-state index contributed by atoms with van der Waals surface area (Å²) in [5.74, 6) is 1.26. The first-order valence-corrected chi connectivity index (χ1v) is 9.65. The predicted molar refractivity (Wildman–Crippen MR) is 109 cm³/mol. The number of carbonyl (C=O) groups is 1. The summed E-state index contributed by atoms with van der Waals surface area (Å²) in [6, 6.07) is 12.6. The molecule has 9 heteroatoms. The molecule has 2 aromatic carbocycles. The molecule has 0 aliphatic heterocycles. The highest BCUT2D eigenvalue weighted by Crippen LogP contribution is 2.31. The van der Waals surface area contributed by atoms with Gasteiger partial charge in [-0.05, 0) is 24.3 Å². The van der Waals surface area contributed by atoms with Crippen molar-refractivity contribution in [1.29, 1.82) is 0 Å². The Morgan fingerprint density at radius 3 is 2.56 bits per heavy atom. The second-order valence-electron chi connectivity index (χ2n) is 5.50. The molecule has 1 aromatic heterocycles. The Labute approximate surface area is 170 Å². The lowest BCUT2D eigenvalue weighted by Gasteiger charge is -2.09. The van der Waals surface area contributed by atoms with E-state index in [1.165, 1.54) is 11.8 Å². The molecule has 0 unspecified atom stereocenters. The van der Waals surface area contributed by atoms with Crippen LogP contribution in [-0.4, -0.2) is 33.5 Å². The van der Waals surface area contributed by atoms with E-state index in [0.29, 0.717) is 32.5 Å². The molecule has 0 atom stereocenters. The van der Waals surface area contributed by atoms with Crippen LogP contribution < -0.4 is 10.1 Å². The molecule has 3 rings (SSSR count). The minimum absolute atomic E-state index is 0.138. The van der Waals surface area contributed by atoms with E-state index in [2.05, 4.69) is 15.5 Å². The van der Waals surface area contributed by atoms with Gasteiger partial charge in [-0.3, -0.25) is 4.79 Å². The fourth-order valence-corrected chi connectivity index (χ4v) is 3.63. The number of thioether (sulfide) groups is 1. The molecule has 3 aromatic rings. The van der Waals surface area contributed by atoms with Gasteiger partial charge in [0.05, 0.1) is 34.2 Å². The molecule has 140 valence electrons. The van der Waals surface area contributed by atoms with Gasteiger partial charge in [-0.1, -0.05) is 53.2 Å². The lowest BCUT2D eigenvalue weighted by atomic mass is 10.2. The number of methoxy groups -OCH3 is 1. The van der Waals surface area contributed by atoms with Crippen molar-refractivity contribution in [1.82, 2.24) is 14.8 Å². The highest BCUT2D eigenvalue weighted by Gasteiger charge is 2.16. The predicted octanol–water partition coefficient (Wildman–Crippen LogP) is 4.53. The van der Waals surface area contributed by atoms with Gasteiger partial charge in [-0.15, -0.1) is 10.2 Å². The third kappa shape index (κ3) is 4.37.